The number of anilines is 1. The van der Waals surface area contributed by atoms with Gasteiger partial charge >= 0.3 is 6.09 Å². The first-order valence-corrected chi connectivity index (χ1v) is 12.0. The molecular weight excluding hydrogens is 504 g/mol. The Morgan fingerprint density at radius 1 is 1.08 bits per heavy atom. The third-order valence-corrected chi connectivity index (χ3v) is 7.54. The second-order valence-electron chi connectivity index (χ2n) is 7.68. The second-order valence-corrected chi connectivity index (χ2v) is 9.43. The zero-order valence-electron chi connectivity index (χ0n) is 19.8. The van der Waals surface area contributed by atoms with E-state index in [0.29, 0.717) is 10.1 Å². The van der Waals surface area contributed by atoms with Crippen LogP contribution in [0.15, 0.2) is 59.6 Å². The van der Waals surface area contributed by atoms with Crippen molar-refractivity contribution in [3.05, 3.63) is 71.4 Å². The number of methoxy groups -OCH3 is 3. The maximum absolute atomic E-state index is 14.2. The Morgan fingerprint density at radius 3 is 2.46 bits per heavy atom. The molecule has 3 aromatic rings. The number of rotatable bonds is 7. The lowest BCUT2D eigenvalue weighted by atomic mass is 9.83. The van der Waals surface area contributed by atoms with Crippen LogP contribution in [0.3, 0.4) is 0 Å². The molecule has 13 heteroatoms. The number of amides is 2. The standard InChI is InChI=1S/C24H20N4O8S/c1-34-15-7-9-20(19(12-15)35-2)37(32,33)28-18-8-6-14(13-25)11-17(18)24(22(28)29,27-23(30)31)16-5-4-10-26-21(16)36-3/h4-12,27H,1-3H3,(H,30,31). The summed E-state index contributed by atoms with van der Waals surface area (Å²) in [5.74, 6) is -1.10. The Hall–Kier alpha value is -4.83. The Labute approximate surface area is 211 Å². The number of aromatic nitrogens is 1. The normalized spacial score (nSPS) is 16.5. The van der Waals surface area contributed by atoms with Gasteiger partial charge < -0.3 is 19.3 Å². The number of pyridine rings is 1. The smallest absolute Gasteiger partial charge is 0.406 e. The van der Waals surface area contributed by atoms with Crippen molar-refractivity contribution in [1.82, 2.24) is 10.3 Å². The highest BCUT2D eigenvalue weighted by Gasteiger charge is 2.59. The summed E-state index contributed by atoms with van der Waals surface area (Å²) in [5.41, 5.74) is -2.59. The number of sulfonamides is 1. The largest absolute Gasteiger partial charge is 0.497 e. The average Bonchev–Trinajstić information content (AvgIpc) is 3.15. The number of benzene rings is 2. The van der Waals surface area contributed by atoms with E-state index in [-0.39, 0.29) is 38.9 Å². The van der Waals surface area contributed by atoms with Crippen LogP contribution in [0.25, 0.3) is 0 Å². The molecule has 0 aliphatic carbocycles. The molecule has 0 radical (unpaired) electrons. The van der Waals surface area contributed by atoms with Gasteiger partial charge in [-0.05, 0) is 42.5 Å². The lowest BCUT2D eigenvalue weighted by molar-refractivity contribution is -0.121. The molecule has 0 fully saturated rings. The van der Waals surface area contributed by atoms with E-state index in [4.69, 9.17) is 14.2 Å². The highest BCUT2D eigenvalue weighted by Crippen LogP contribution is 2.49. The molecule has 1 aliphatic heterocycles. The number of nitrogens with zero attached hydrogens (tertiary/aromatic N) is 3. The van der Waals surface area contributed by atoms with Crippen molar-refractivity contribution >= 4 is 27.7 Å². The lowest BCUT2D eigenvalue weighted by Gasteiger charge is -2.29. The number of ether oxygens (including phenoxy) is 3. The zero-order chi connectivity index (χ0) is 27.0. The SMILES string of the molecule is COc1ccc(S(=O)(=O)N2C(=O)C(NC(=O)O)(c3cccnc3OC)c3cc(C#N)ccc32)c(OC)c1. The van der Waals surface area contributed by atoms with Crippen LogP contribution in [-0.2, 0) is 20.4 Å². The third-order valence-electron chi connectivity index (χ3n) is 5.81. The van der Waals surface area contributed by atoms with Gasteiger partial charge in [-0.1, -0.05) is 0 Å². The Kier molecular flexibility index (Phi) is 6.37. The number of carbonyl (C=O) groups is 2. The van der Waals surface area contributed by atoms with E-state index in [1.54, 1.807) is 0 Å². The summed E-state index contributed by atoms with van der Waals surface area (Å²) >= 11 is 0. The van der Waals surface area contributed by atoms with Gasteiger partial charge in [-0.3, -0.25) is 10.1 Å². The molecule has 2 aromatic carbocycles. The first-order chi connectivity index (χ1) is 17.6. The van der Waals surface area contributed by atoms with E-state index < -0.39 is 27.6 Å². The molecule has 2 heterocycles. The molecule has 0 saturated heterocycles. The van der Waals surface area contributed by atoms with Crippen molar-refractivity contribution in [3.8, 4) is 23.4 Å². The summed E-state index contributed by atoms with van der Waals surface area (Å²) in [5, 5.41) is 21.5. The predicted octanol–water partition coefficient (Wildman–Crippen LogP) is 2.23. The minimum absolute atomic E-state index is 0.0623. The monoisotopic (exact) mass is 524 g/mol. The van der Waals surface area contributed by atoms with Crippen LogP contribution in [0.2, 0.25) is 0 Å². The van der Waals surface area contributed by atoms with Crippen LogP contribution in [0.5, 0.6) is 17.4 Å². The third kappa shape index (κ3) is 3.83. The summed E-state index contributed by atoms with van der Waals surface area (Å²) in [7, 11) is -0.784. The number of nitrogens with one attached hydrogen (secondary N) is 1. The summed E-state index contributed by atoms with van der Waals surface area (Å²) in [4.78, 5) is 30.0. The van der Waals surface area contributed by atoms with Crippen molar-refractivity contribution in [2.75, 3.05) is 25.6 Å². The quantitative estimate of drug-likeness (QED) is 0.467. The molecule has 4 rings (SSSR count). The Morgan fingerprint density at radius 2 is 1.84 bits per heavy atom. The lowest BCUT2D eigenvalue weighted by Crippen LogP contribution is -2.54. The van der Waals surface area contributed by atoms with E-state index in [2.05, 4.69) is 10.3 Å². The first kappa shape index (κ1) is 25.3. The summed E-state index contributed by atoms with van der Waals surface area (Å²) in [6.07, 6.45) is -0.270. The molecule has 1 unspecified atom stereocenters. The predicted molar refractivity (Wildman–Crippen MR) is 128 cm³/mol. The maximum atomic E-state index is 14.2. The van der Waals surface area contributed by atoms with E-state index in [1.807, 2.05) is 6.07 Å². The van der Waals surface area contributed by atoms with E-state index in [1.165, 1.54) is 76.1 Å². The van der Waals surface area contributed by atoms with Gasteiger partial charge in [-0.25, -0.2) is 18.2 Å². The van der Waals surface area contributed by atoms with Gasteiger partial charge in [0.25, 0.3) is 15.9 Å². The topological polar surface area (TPSA) is 168 Å². The summed E-state index contributed by atoms with van der Waals surface area (Å²) in [6.45, 7) is 0. The highest BCUT2D eigenvalue weighted by molar-refractivity contribution is 7.93. The molecule has 1 atom stereocenters. The number of nitriles is 1. The van der Waals surface area contributed by atoms with Crippen molar-refractivity contribution < 1.29 is 37.3 Å². The number of hydrogen-bond donors (Lipinski definition) is 2. The summed E-state index contributed by atoms with van der Waals surface area (Å²) < 4.78 is 44.1. The van der Waals surface area contributed by atoms with Gasteiger partial charge in [0.2, 0.25) is 5.88 Å². The minimum atomic E-state index is -4.70. The van der Waals surface area contributed by atoms with Gasteiger partial charge in [0.05, 0.1) is 44.2 Å². The number of carbonyl (C=O) groups excluding carboxylic acids is 1. The number of fused-ring (bicyclic) bond motifs is 1. The fourth-order valence-corrected chi connectivity index (χ4v) is 5.84. The van der Waals surface area contributed by atoms with E-state index in [0.717, 1.165) is 0 Å². The van der Waals surface area contributed by atoms with Crippen molar-refractivity contribution in [2.24, 2.45) is 0 Å². The van der Waals surface area contributed by atoms with Crippen LogP contribution in [0.4, 0.5) is 10.5 Å². The van der Waals surface area contributed by atoms with Crippen LogP contribution < -0.4 is 23.8 Å². The van der Waals surface area contributed by atoms with Crippen molar-refractivity contribution in [3.63, 3.8) is 0 Å². The highest BCUT2D eigenvalue weighted by atomic mass is 32.2. The van der Waals surface area contributed by atoms with Crippen molar-refractivity contribution in [2.45, 2.75) is 10.4 Å². The summed E-state index contributed by atoms with van der Waals surface area (Å²) in [6, 6.07) is 12.5. The number of hydrogen-bond acceptors (Lipinski definition) is 9. The molecule has 2 N–H and O–H groups in total. The molecular formula is C24H20N4O8S. The molecule has 1 aliphatic rings. The zero-order valence-corrected chi connectivity index (χ0v) is 20.6. The average molecular weight is 525 g/mol. The van der Waals surface area contributed by atoms with E-state index >= 15 is 0 Å². The molecule has 37 heavy (non-hydrogen) atoms. The van der Waals surface area contributed by atoms with Gasteiger partial charge in [-0.2, -0.15) is 9.57 Å². The molecule has 0 spiro atoms. The molecule has 0 saturated carbocycles. The molecule has 12 nitrogen and oxygen atoms in total. The molecule has 190 valence electrons. The fraction of sp³-hybridized carbons (Fsp3) is 0.167. The first-order valence-electron chi connectivity index (χ1n) is 10.5. The van der Waals surface area contributed by atoms with Gasteiger partial charge in [0.1, 0.15) is 16.4 Å². The minimum Gasteiger partial charge on any atom is -0.497 e. The molecule has 1 aromatic heterocycles. The second kappa shape index (κ2) is 9.32. The Bertz CT molecular complexity index is 1570. The number of carboxylic acid groups (broad SMARTS) is 1. The van der Waals surface area contributed by atoms with Crippen LogP contribution >= 0.6 is 0 Å². The van der Waals surface area contributed by atoms with Crippen molar-refractivity contribution in [1.29, 1.82) is 5.26 Å². The molecule has 0 bridgehead atoms. The van der Waals surface area contributed by atoms with Gasteiger partial charge in [-0.15, -0.1) is 0 Å². The van der Waals surface area contributed by atoms with Gasteiger partial charge in [0.15, 0.2) is 5.54 Å². The van der Waals surface area contributed by atoms with Crippen LogP contribution in [0, 0.1) is 11.3 Å². The maximum Gasteiger partial charge on any atom is 0.406 e. The van der Waals surface area contributed by atoms with Gasteiger partial charge in [0, 0.05) is 17.8 Å². The Balaban J connectivity index is 2.08. The molecule has 2 amide bonds. The fourth-order valence-electron chi connectivity index (χ4n) is 4.23. The van der Waals surface area contributed by atoms with Crippen LogP contribution in [0.1, 0.15) is 16.7 Å². The van der Waals surface area contributed by atoms with Crippen LogP contribution in [-0.4, -0.2) is 51.8 Å². The van der Waals surface area contributed by atoms with E-state index in [9.17, 15) is 28.4 Å².